The molecule has 1 aromatic rings. The van der Waals surface area contributed by atoms with Crippen molar-refractivity contribution in [3.63, 3.8) is 0 Å². The molecule has 29 heavy (non-hydrogen) atoms. The molecule has 0 atom stereocenters. The van der Waals surface area contributed by atoms with Crippen LogP contribution in [0, 0.1) is 5.92 Å². The summed E-state index contributed by atoms with van der Waals surface area (Å²) < 4.78 is 12.2. The van der Waals surface area contributed by atoms with E-state index in [2.05, 4.69) is 36.5 Å². The molecule has 2 fully saturated rings. The zero-order valence-corrected chi connectivity index (χ0v) is 18.4. The third-order valence-corrected chi connectivity index (χ3v) is 6.24. The average molecular weight is 405 g/mol. The van der Waals surface area contributed by atoms with E-state index in [0.717, 1.165) is 83.9 Å². The van der Waals surface area contributed by atoms with Crippen molar-refractivity contribution in [3.8, 4) is 0 Å². The maximum absolute atomic E-state index is 6.12. The number of hydrogen-bond acceptors (Lipinski definition) is 6. The van der Waals surface area contributed by atoms with Crippen LogP contribution < -0.4 is 10.2 Å². The molecule has 0 unspecified atom stereocenters. The number of piperidine rings is 2. The standard InChI is InChI=1S/C23H40N4O2/c1-3-5-15-28-22(29-16-6-4-2)20-9-13-27(14-10-20)23-25-17-21(18-26-23)19-7-11-24-12-8-19/h17-20,22,24H,3-16H2,1-2H3. The van der Waals surface area contributed by atoms with Gasteiger partial charge in [0.15, 0.2) is 6.29 Å². The molecule has 0 bridgehead atoms. The molecule has 2 aliphatic heterocycles. The van der Waals surface area contributed by atoms with Crippen LogP contribution in [-0.4, -0.2) is 55.7 Å². The predicted molar refractivity (Wildman–Crippen MR) is 117 cm³/mol. The maximum atomic E-state index is 6.12. The lowest BCUT2D eigenvalue weighted by Gasteiger charge is -2.36. The van der Waals surface area contributed by atoms with Gasteiger partial charge in [0.1, 0.15) is 0 Å². The Kier molecular flexibility index (Phi) is 9.64. The summed E-state index contributed by atoms with van der Waals surface area (Å²) in [4.78, 5) is 11.7. The first kappa shape index (κ1) is 22.4. The quantitative estimate of drug-likeness (QED) is 0.442. The van der Waals surface area contributed by atoms with Crippen LogP contribution in [0.4, 0.5) is 5.95 Å². The van der Waals surface area contributed by atoms with Gasteiger partial charge < -0.3 is 19.7 Å². The molecule has 164 valence electrons. The van der Waals surface area contributed by atoms with E-state index < -0.39 is 0 Å². The maximum Gasteiger partial charge on any atom is 0.225 e. The smallest absolute Gasteiger partial charge is 0.225 e. The Balaban J connectivity index is 1.49. The second kappa shape index (κ2) is 12.5. The molecule has 0 spiro atoms. The second-order valence-corrected chi connectivity index (χ2v) is 8.48. The summed E-state index contributed by atoms with van der Waals surface area (Å²) in [6.45, 7) is 10.1. The highest BCUT2D eigenvalue weighted by molar-refractivity contribution is 5.31. The Morgan fingerprint density at radius 2 is 1.55 bits per heavy atom. The van der Waals surface area contributed by atoms with Gasteiger partial charge in [-0.15, -0.1) is 0 Å². The first-order chi connectivity index (χ1) is 14.3. The van der Waals surface area contributed by atoms with Crippen molar-refractivity contribution < 1.29 is 9.47 Å². The zero-order chi connectivity index (χ0) is 20.3. The minimum absolute atomic E-state index is 0.0570. The summed E-state index contributed by atoms with van der Waals surface area (Å²) in [5, 5.41) is 3.42. The van der Waals surface area contributed by atoms with E-state index in [0.29, 0.717) is 11.8 Å². The fraction of sp³-hybridized carbons (Fsp3) is 0.826. The van der Waals surface area contributed by atoms with Crippen molar-refractivity contribution in [2.24, 2.45) is 5.92 Å². The highest BCUT2D eigenvalue weighted by atomic mass is 16.7. The molecule has 2 saturated heterocycles. The van der Waals surface area contributed by atoms with Crippen LogP contribution in [-0.2, 0) is 9.47 Å². The number of unbranched alkanes of at least 4 members (excludes halogenated alkanes) is 2. The number of rotatable bonds is 11. The monoisotopic (exact) mass is 404 g/mol. The average Bonchev–Trinajstić information content (AvgIpc) is 2.79. The fourth-order valence-electron chi connectivity index (χ4n) is 4.24. The van der Waals surface area contributed by atoms with Crippen LogP contribution in [0.15, 0.2) is 12.4 Å². The van der Waals surface area contributed by atoms with Gasteiger partial charge in [0.2, 0.25) is 5.95 Å². The molecule has 3 heterocycles. The molecular formula is C23H40N4O2. The molecule has 1 aromatic heterocycles. The molecule has 0 aromatic carbocycles. The van der Waals surface area contributed by atoms with E-state index in [1.54, 1.807) is 0 Å². The van der Waals surface area contributed by atoms with Gasteiger partial charge in [-0.3, -0.25) is 0 Å². The number of hydrogen-bond donors (Lipinski definition) is 1. The molecule has 1 N–H and O–H groups in total. The molecule has 3 rings (SSSR count). The molecule has 0 amide bonds. The van der Waals surface area contributed by atoms with E-state index in [1.807, 2.05) is 0 Å². The molecule has 0 radical (unpaired) electrons. The van der Waals surface area contributed by atoms with Crippen molar-refractivity contribution in [2.45, 2.75) is 77.4 Å². The lowest BCUT2D eigenvalue weighted by atomic mass is 9.92. The molecule has 6 nitrogen and oxygen atoms in total. The van der Waals surface area contributed by atoms with Gasteiger partial charge in [-0.1, -0.05) is 26.7 Å². The van der Waals surface area contributed by atoms with Crippen molar-refractivity contribution in [3.05, 3.63) is 18.0 Å². The highest BCUT2D eigenvalue weighted by Crippen LogP contribution is 2.28. The second-order valence-electron chi connectivity index (χ2n) is 8.48. The van der Waals surface area contributed by atoms with Crippen LogP contribution in [0.3, 0.4) is 0 Å². The molecular weight excluding hydrogens is 364 g/mol. The van der Waals surface area contributed by atoms with Gasteiger partial charge in [-0.25, -0.2) is 9.97 Å². The summed E-state index contributed by atoms with van der Waals surface area (Å²) >= 11 is 0. The third kappa shape index (κ3) is 6.90. The molecule has 6 heteroatoms. The first-order valence-electron chi connectivity index (χ1n) is 11.8. The van der Waals surface area contributed by atoms with Gasteiger partial charge in [0, 0.05) is 44.6 Å². The summed E-state index contributed by atoms with van der Waals surface area (Å²) in [6, 6.07) is 0. The number of nitrogens with zero attached hydrogens (tertiary/aromatic N) is 3. The summed E-state index contributed by atoms with van der Waals surface area (Å²) in [6.07, 6.45) is 13.1. The topological polar surface area (TPSA) is 59.5 Å². The number of anilines is 1. The lowest BCUT2D eigenvalue weighted by Crippen LogP contribution is -2.40. The van der Waals surface area contributed by atoms with Gasteiger partial charge in [0.05, 0.1) is 0 Å². The van der Waals surface area contributed by atoms with Crippen LogP contribution in [0.2, 0.25) is 0 Å². The van der Waals surface area contributed by atoms with Gasteiger partial charge in [-0.2, -0.15) is 0 Å². The van der Waals surface area contributed by atoms with E-state index >= 15 is 0 Å². The summed E-state index contributed by atoms with van der Waals surface area (Å²) in [7, 11) is 0. The van der Waals surface area contributed by atoms with Gasteiger partial charge >= 0.3 is 0 Å². The Bertz CT molecular complexity index is 545. The fourth-order valence-corrected chi connectivity index (χ4v) is 4.24. The van der Waals surface area contributed by atoms with Crippen molar-refractivity contribution in [1.82, 2.24) is 15.3 Å². The Morgan fingerprint density at radius 1 is 0.966 bits per heavy atom. The van der Waals surface area contributed by atoms with Crippen LogP contribution >= 0.6 is 0 Å². The van der Waals surface area contributed by atoms with Gasteiger partial charge in [0.25, 0.3) is 0 Å². The zero-order valence-electron chi connectivity index (χ0n) is 18.4. The van der Waals surface area contributed by atoms with Crippen LogP contribution in [0.5, 0.6) is 0 Å². The lowest BCUT2D eigenvalue weighted by molar-refractivity contribution is -0.177. The van der Waals surface area contributed by atoms with Crippen molar-refractivity contribution >= 4 is 5.95 Å². The number of ether oxygens (including phenoxy) is 2. The van der Waals surface area contributed by atoms with Crippen molar-refractivity contribution in [2.75, 3.05) is 44.3 Å². The third-order valence-electron chi connectivity index (χ3n) is 6.24. The molecule has 0 aliphatic carbocycles. The van der Waals surface area contributed by atoms with Gasteiger partial charge in [-0.05, 0) is 63.1 Å². The van der Waals surface area contributed by atoms with Crippen LogP contribution in [0.1, 0.15) is 76.7 Å². The number of aromatic nitrogens is 2. The largest absolute Gasteiger partial charge is 0.352 e. The van der Waals surface area contributed by atoms with E-state index in [1.165, 1.54) is 18.4 Å². The highest BCUT2D eigenvalue weighted by Gasteiger charge is 2.29. The van der Waals surface area contributed by atoms with E-state index in [9.17, 15) is 0 Å². The number of nitrogens with one attached hydrogen (secondary N) is 1. The minimum Gasteiger partial charge on any atom is -0.352 e. The minimum atomic E-state index is -0.0570. The molecule has 2 aliphatic rings. The summed E-state index contributed by atoms with van der Waals surface area (Å²) in [5.74, 6) is 1.95. The summed E-state index contributed by atoms with van der Waals surface area (Å²) in [5.41, 5.74) is 1.29. The van der Waals surface area contributed by atoms with E-state index in [-0.39, 0.29) is 6.29 Å². The van der Waals surface area contributed by atoms with Crippen LogP contribution in [0.25, 0.3) is 0 Å². The SMILES string of the molecule is CCCCOC(OCCCC)C1CCN(c2ncc(C3CCNCC3)cn2)CC1. The Morgan fingerprint density at radius 3 is 2.10 bits per heavy atom. The van der Waals surface area contributed by atoms with Crippen molar-refractivity contribution in [1.29, 1.82) is 0 Å². The molecule has 0 saturated carbocycles. The Labute approximate surface area is 176 Å². The Hall–Kier alpha value is -1.24. The first-order valence-corrected chi connectivity index (χ1v) is 11.8. The van der Waals surface area contributed by atoms with E-state index in [4.69, 9.17) is 19.4 Å². The predicted octanol–water partition coefficient (Wildman–Crippen LogP) is 4.12. The normalized spacial score (nSPS) is 19.2.